The van der Waals surface area contributed by atoms with Crippen LogP contribution in [0.1, 0.15) is 45.0 Å². The number of thiazole rings is 1. The van der Waals surface area contributed by atoms with Crippen molar-refractivity contribution in [2.75, 3.05) is 13.1 Å². The maximum absolute atomic E-state index is 12.8. The molecule has 8 heteroatoms. The van der Waals surface area contributed by atoms with Crippen LogP contribution in [0.25, 0.3) is 10.8 Å². The normalized spacial score (nSPS) is 17.8. The summed E-state index contributed by atoms with van der Waals surface area (Å²) in [5, 5.41) is 11.3. The SMILES string of the molecule is Cc1nc(C)c(C(=O)N2CCC[C@H](c3nnc(-c4cccs4)o3)C2)s1. The molecule has 1 atom stereocenters. The minimum absolute atomic E-state index is 0.0609. The van der Waals surface area contributed by atoms with Gasteiger partial charge in [-0.15, -0.1) is 32.9 Å². The van der Waals surface area contributed by atoms with E-state index >= 15 is 0 Å². The average Bonchev–Trinajstić information content (AvgIpc) is 3.34. The zero-order valence-electron chi connectivity index (χ0n) is 14.1. The molecule has 0 saturated carbocycles. The van der Waals surface area contributed by atoms with Crippen molar-refractivity contribution >= 4 is 28.6 Å². The van der Waals surface area contributed by atoms with Gasteiger partial charge in [-0.05, 0) is 38.1 Å². The number of nitrogens with zero attached hydrogens (tertiary/aromatic N) is 4. The lowest BCUT2D eigenvalue weighted by Gasteiger charge is -2.30. The van der Waals surface area contributed by atoms with Crippen LogP contribution in [-0.4, -0.2) is 39.1 Å². The van der Waals surface area contributed by atoms with Gasteiger partial charge in [0.1, 0.15) is 4.88 Å². The van der Waals surface area contributed by atoms with Crippen LogP contribution >= 0.6 is 22.7 Å². The van der Waals surface area contributed by atoms with Crippen molar-refractivity contribution in [2.45, 2.75) is 32.6 Å². The van der Waals surface area contributed by atoms with Crippen molar-refractivity contribution in [1.82, 2.24) is 20.1 Å². The van der Waals surface area contributed by atoms with Crippen LogP contribution in [0.15, 0.2) is 21.9 Å². The van der Waals surface area contributed by atoms with Crippen molar-refractivity contribution in [3.63, 3.8) is 0 Å². The number of likely N-dealkylation sites (tertiary alicyclic amines) is 1. The molecular formula is C17H18N4O2S2. The number of carbonyl (C=O) groups is 1. The Balaban J connectivity index is 1.51. The number of hydrogen-bond acceptors (Lipinski definition) is 7. The lowest BCUT2D eigenvalue weighted by Crippen LogP contribution is -2.39. The maximum atomic E-state index is 12.8. The van der Waals surface area contributed by atoms with Crippen molar-refractivity contribution < 1.29 is 9.21 Å². The molecule has 4 rings (SSSR count). The molecular weight excluding hydrogens is 356 g/mol. The Morgan fingerprint density at radius 2 is 2.24 bits per heavy atom. The summed E-state index contributed by atoms with van der Waals surface area (Å²) in [6.45, 7) is 5.19. The second kappa shape index (κ2) is 6.68. The fourth-order valence-corrected chi connectivity index (χ4v) is 4.67. The molecule has 3 aromatic heterocycles. The molecule has 25 heavy (non-hydrogen) atoms. The molecule has 0 spiro atoms. The summed E-state index contributed by atoms with van der Waals surface area (Å²) < 4.78 is 5.87. The Labute approximate surface area is 153 Å². The van der Waals surface area contributed by atoms with Crippen molar-refractivity contribution in [2.24, 2.45) is 0 Å². The van der Waals surface area contributed by atoms with Crippen LogP contribution in [0.3, 0.4) is 0 Å². The zero-order valence-corrected chi connectivity index (χ0v) is 15.7. The minimum Gasteiger partial charge on any atom is -0.420 e. The first kappa shape index (κ1) is 16.4. The van der Waals surface area contributed by atoms with Gasteiger partial charge >= 0.3 is 0 Å². The summed E-state index contributed by atoms with van der Waals surface area (Å²) in [5.74, 6) is 1.33. The Morgan fingerprint density at radius 1 is 1.36 bits per heavy atom. The van der Waals surface area contributed by atoms with Gasteiger partial charge in [-0.2, -0.15) is 0 Å². The molecule has 0 aromatic carbocycles. The lowest BCUT2D eigenvalue weighted by atomic mass is 9.98. The fraction of sp³-hybridized carbons (Fsp3) is 0.412. The third-order valence-electron chi connectivity index (χ3n) is 4.33. The van der Waals surface area contributed by atoms with Gasteiger partial charge in [-0.3, -0.25) is 4.79 Å². The van der Waals surface area contributed by atoms with Gasteiger partial charge in [0.05, 0.1) is 21.5 Å². The second-order valence-corrected chi connectivity index (χ2v) is 8.31. The van der Waals surface area contributed by atoms with Crippen molar-refractivity contribution in [1.29, 1.82) is 0 Å². The quantitative estimate of drug-likeness (QED) is 0.695. The third-order valence-corrected chi connectivity index (χ3v) is 6.25. The van der Waals surface area contributed by atoms with Crippen LogP contribution in [0.2, 0.25) is 0 Å². The predicted octanol–water partition coefficient (Wildman–Crippen LogP) is 3.89. The number of hydrogen-bond donors (Lipinski definition) is 0. The predicted molar refractivity (Wildman–Crippen MR) is 97.1 cm³/mol. The number of thiophene rings is 1. The van der Waals surface area contributed by atoms with Gasteiger partial charge in [0, 0.05) is 13.1 Å². The minimum atomic E-state index is 0.0609. The van der Waals surface area contributed by atoms with E-state index in [-0.39, 0.29) is 11.8 Å². The molecule has 0 aliphatic carbocycles. The summed E-state index contributed by atoms with van der Waals surface area (Å²) in [6, 6.07) is 3.93. The van der Waals surface area contributed by atoms with E-state index in [0.29, 0.717) is 18.3 Å². The number of aryl methyl sites for hydroxylation is 2. The van der Waals surface area contributed by atoms with Gasteiger partial charge in [0.2, 0.25) is 5.89 Å². The maximum Gasteiger partial charge on any atom is 0.265 e. The lowest BCUT2D eigenvalue weighted by molar-refractivity contribution is 0.0702. The molecule has 1 aliphatic heterocycles. The summed E-state index contributed by atoms with van der Waals surface area (Å²) in [7, 11) is 0. The Bertz CT molecular complexity index is 884. The molecule has 1 fully saturated rings. The zero-order chi connectivity index (χ0) is 17.4. The number of piperidine rings is 1. The second-order valence-electron chi connectivity index (χ2n) is 6.16. The van der Waals surface area contributed by atoms with E-state index in [9.17, 15) is 4.79 Å². The average molecular weight is 374 g/mol. The molecule has 1 saturated heterocycles. The Hall–Kier alpha value is -2.06. The highest BCUT2D eigenvalue weighted by Crippen LogP contribution is 2.31. The Morgan fingerprint density at radius 3 is 2.96 bits per heavy atom. The molecule has 3 aromatic rings. The molecule has 130 valence electrons. The molecule has 4 heterocycles. The highest BCUT2D eigenvalue weighted by molar-refractivity contribution is 7.13. The van der Waals surface area contributed by atoms with Crippen LogP contribution in [0.5, 0.6) is 0 Å². The van der Waals surface area contributed by atoms with E-state index in [1.807, 2.05) is 36.3 Å². The van der Waals surface area contributed by atoms with Gasteiger partial charge in [0.15, 0.2) is 0 Å². The topological polar surface area (TPSA) is 72.1 Å². The van der Waals surface area contributed by atoms with E-state index in [2.05, 4.69) is 15.2 Å². The van der Waals surface area contributed by atoms with Crippen molar-refractivity contribution in [3.8, 4) is 10.8 Å². The third kappa shape index (κ3) is 3.23. The monoisotopic (exact) mass is 374 g/mol. The van der Waals surface area contributed by atoms with Crippen LogP contribution in [-0.2, 0) is 0 Å². The molecule has 1 amide bonds. The van der Waals surface area contributed by atoms with E-state index in [0.717, 1.165) is 39.8 Å². The van der Waals surface area contributed by atoms with Gasteiger partial charge in [0.25, 0.3) is 11.8 Å². The van der Waals surface area contributed by atoms with E-state index in [1.54, 1.807) is 11.3 Å². The Kier molecular flexibility index (Phi) is 4.39. The number of amides is 1. The highest BCUT2D eigenvalue weighted by atomic mass is 32.1. The molecule has 0 N–H and O–H groups in total. The van der Waals surface area contributed by atoms with E-state index in [1.165, 1.54) is 11.3 Å². The summed E-state index contributed by atoms with van der Waals surface area (Å²) in [6.07, 6.45) is 1.89. The van der Waals surface area contributed by atoms with Gasteiger partial charge < -0.3 is 9.32 Å². The number of rotatable bonds is 3. The molecule has 0 unspecified atom stereocenters. The fourth-order valence-electron chi connectivity index (χ4n) is 3.14. The van der Waals surface area contributed by atoms with Crippen molar-refractivity contribution in [3.05, 3.63) is 39.0 Å². The number of aromatic nitrogens is 3. The first-order chi connectivity index (χ1) is 12.1. The molecule has 6 nitrogen and oxygen atoms in total. The molecule has 0 radical (unpaired) electrons. The summed E-state index contributed by atoms with van der Waals surface area (Å²) in [4.78, 5) is 20.8. The van der Waals surface area contributed by atoms with Crippen LogP contribution in [0.4, 0.5) is 0 Å². The molecule has 1 aliphatic rings. The van der Waals surface area contributed by atoms with E-state index in [4.69, 9.17) is 4.42 Å². The number of carbonyl (C=O) groups excluding carboxylic acids is 1. The molecule has 0 bridgehead atoms. The van der Waals surface area contributed by atoms with Gasteiger partial charge in [-0.25, -0.2) is 4.98 Å². The van der Waals surface area contributed by atoms with Crippen LogP contribution < -0.4 is 0 Å². The summed E-state index contributed by atoms with van der Waals surface area (Å²) >= 11 is 3.04. The first-order valence-corrected chi connectivity index (χ1v) is 9.92. The smallest absolute Gasteiger partial charge is 0.265 e. The standard InChI is InChI=1S/C17H18N4O2S2/c1-10-14(25-11(2)18-10)17(22)21-7-3-5-12(9-21)15-19-20-16(23-15)13-6-4-8-24-13/h4,6,8,12H,3,5,7,9H2,1-2H3/t12-/m0/s1. The largest absolute Gasteiger partial charge is 0.420 e. The van der Waals surface area contributed by atoms with Crippen LogP contribution in [0, 0.1) is 13.8 Å². The highest BCUT2D eigenvalue weighted by Gasteiger charge is 2.30. The summed E-state index contributed by atoms with van der Waals surface area (Å²) in [5.41, 5.74) is 0.812. The first-order valence-electron chi connectivity index (χ1n) is 8.22. The van der Waals surface area contributed by atoms with E-state index < -0.39 is 0 Å². The van der Waals surface area contributed by atoms with Gasteiger partial charge in [-0.1, -0.05) is 6.07 Å².